The molecule has 0 heterocycles. The molecule has 1 unspecified atom stereocenters. The molecule has 0 spiro atoms. The lowest BCUT2D eigenvalue weighted by atomic mass is 10.2. The largest absolute Gasteiger partial charge is 0.389 e. The van der Waals surface area contributed by atoms with Crippen molar-refractivity contribution in [2.75, 3.05) is 12.8 Å². The fourth-order valence-corrected chi connectivity index (χ4v) is 3.47. The lowest BCUT2D eigenvalue weighted by Gasteiger charge is -2.11. The second-order valence-corrected chi connectivity index (χ2v) is 8.13. The summed E-state index contributed by atoms with van der Waals surface area (Å²) < 4.78 is 26.7. The predicted octanol–water partition coefficient (Wildman–Crippen LogP) is 2.39. The molecule has 0 aromatic heterocycles. The monoisotopic (exact) mass is 352 g/mol. The van der Waals surface area contributed by atoms with Crippen LogP contribution in [-0.2, 0) is 10.0 Å². The highest BCUT2D eigenvalue weighted by Crippen LogP contribution is 2.21. The number of rotatable bonds is 7. The van der Waals surface area contributed by atoms with E-state index >= 15 is 0 Å². The third kappa shape index (κ3) is 4.89. The van der Waals surface area contributed by atoms with E-state index in [4.69, 9.17) is 29.6 Å². The van der Waals surface area contributed by atoms with Crippen LogP contribution in [0.2, 0.25) is 5.02 Å². The van der Waals surface area contributed by atoms with Crippen molar-refractivity contribution in [1.82, 2.24) is 4.72 Å². The van der Waals surface area contributed by atoms with E-state index in [-0.39, 0.29) is 14.9 Å². The first kappa shape index (κ1) is 17.7. The molecule has 0 aliphatic rings. The molecule has 0 fully saturated rings. The average molecular weight is 353 g/mol. The van der Waals surface area contributed by atoms with Crippen LogP contribution in [0.15, 0.2) is 23.1 Å². The third-order valence-electron chi connectivity index (χ3n) is 2.76. The van der Waals surface area contributed by atoms with E-state index in [1.807, 2.05) is 13.2 Å². The number of thiocarbonyl (C=S) groups is 1. The Labute approximate surface area is 134 Å². The molecule has 0 aliphatic carbocycles. The highest BCUT2D eigenvalue weighted by Gasteiger charge is 2.16. The smallest absolute Gasteiger partial charge is 0.240 e. The van der Waals surface area contributed by atoms with E-state index in [0.717, 1.165) is 6.42 Å². The fourth-order valence-electron chi connectivity index (χ4n) is 1.46. The van der Waals surface area contributed by atoms with Gasteiger partial charge >= 0.3 is 0 Å². The number of benzene rings is 1. The topological polar surface area (TPSA) is 72.2 Å². The Morgan fingerprint density at radius 2 is 2.20 bits per heavy atom. The Hall–Kier alpha value is -0.340. The molecule has 1 aromatic carbocycles. The van der Waals surface area contributed by atoms with Crippen LogP contribution in [0.3, 0.4) is 0 Å². The maximum atomic E-state index is 12.1. The van der Waals surface area contributed by atoms with Gasteiger partial charge in [0, 0.05) is 17.4 Å². The van der Waals surface area contributed by atoms with Crippen LogP contribution in [0, 0.1) is 0 Å². The number of sulfonamides is 1. The van der Waals surface area contributed by atoms with Gasteiger partial charge in [-0.25, -0.2) is 13.1 Å². The summed E-state index contributed by atoms with van der Waals surface area (Å²) in [5.74, 6) is 0. The number of hydrogen-bond donors (Lipinski definition) is 2. The van der Waals surface area contributed by atoms with Gasteiger partial charge in [0.1, 0.15) is 4.99 Å². The van der Waals surface area contributed by atoms with Gasteiger partial charge in [-0.3, -0.25) is 0 Å². The SMILES string of the molecule is CSC(C)CCNS(=O)(=O)c1ccc(C(N)=S)c(Cl)c1. The summed E-state index contributed by atoms with van der Waals surface area (Å²) in [5, 5.41) is 0.635. The van der Waals surface area contributed by atoms with Gasteiger partial charge in [-0.2, -0.15) is 11.8 Å². The standard InChI is InChI=1S/C12H17ClN2O2S3/c1-8(19-2)5-6-15-20(16,17)9-3-4-10(12(14)18)11(13)7-9/h3-4,7-8,15H,5-6H2,1-2H3,(H2,14,18). The molecule has 0 aliphatic heterocycles. The molecule has 0 bridgehead atoms. The molecule has 20 heavy (non-hydrogen) atoms. The number of thioether (sulfide) groups is 1. The molecule has 1 rings (SSSR count). The van der Waals surface area contributed by atoms with Crippen molar-refractivity contribution in [1.29, 1.82) is 0 Å². The van der Waals surface area contributed by atoms with Crippen LogP contribution in [0.1, 0.15) is 18.9 Å². The molecule has 0 radical (unpaired) electrons. The fraction of sp³-hybridized carbons (Fsp3) is 0.417. The summed E-state index contributed by atoms with van der Waals surface area (Å²) in [6.07, 6.45) is 2.76. The van der Waals surface area contributed by atoms with Gasteiger partial charge in [-0.05, 0) is 30.9 Å². The molecule has 3 N–H and O–H groups in total. The van der Waals surface area contributed by atoms with Crippen LogP contribution in [0.4, 0.5) is 0 Å². The van der Waals surface area contributed by atoms with Crippen molar-refractivity contribution in [3.05, 3.63) is 28.8 Å². The van der Waals surface area contributed by atoms with Crippen LogP contribution in [0.5, 0.6) is 0 Å². The van der Waals surface area contributed by atoms with Crippen LogP contribution in [0.25, 0.3) is 0 Å². The molecule has 0 saturated heterocycles. The highest BCUT2D eigenvalue weighted by molar-refractivity contribution is 7.99. The first-order chi connectivity index (χ1) is 9.27. The van der Waals surface area contributed by atoms with E-state index in [2.05, 4.69) is 4.72 Å². The van der Waals surface area contributed by atoms with Gasteiger partial charge in [0.25, 0.3) is 0 Å². The van der Waals surface area contributed by atoms with Crippen LogP contribution >= 0.6 is 35.6 Å². The van der Waals surface area contributed by atoms with Crippen molar-refractivity contribution in [2.24, 2.45) is 5.73 Å². The van der Waals surface area contributed by atoms with Gasteiger partial charge in [0.15, 0.2) is 0 Å². The zero-order chi connectivity index (χ0) is 15.3. The molecule has 112 valence electrons. The second-order valence-electron chi connectivity index (χ2n) is 4.24. The van der Waals surface area contributed by atoms with Crippen molar-refractivity contribution in [3.8, 4) is 0 Å². The van der Waals surface area contributed by atoms with Crippen molar-refractivity contribution < 1.29 is 8.42 Å². The normalized spacial score (nSPS) is 13.2. The number of nitrogens with one attached hydrogen (secondary N) is 1. The summed E-state index contributed by atoms with van der Waals surface area (Å²) in [7, 11) is -3.56. The van der Waals surface area contributed by atoms with Gasteiger partial charge in [0.05, 0.1) is 9.92 Å². The quantitative estimate of drug-likeness (QED) is 0.737. The number of nitrogens with two attached hydrogens (primary N) is 1. The Morgan fingerprint density at radius 3 is 2.70 bits per heavy atom. The summed E-state index contributed by atoms with van der Waals surface area (Å²) in [4.78, 5) is 0.250. The highest BCUT2D eigenvalue weighted by atomic mass is 35.5. The first-order valence-electron chi connectivity index (χ1n) is 5.89. The first-order valence-corrected chi connectivity index (χ1v) is 9.45. The van der Waals surface area contributed by atoms with E-state index in [0.29, 0.717) is 17.4 Å². The van der Waals surface area contributed by atoms with Crippen molar-refractivity contribution >= 4 is 50.6 Å². The van der Waals surface area contributed by atoms with E-state index in [1.54, 1.807) is 11.8 Å². The average Bonchev–Trinajstić information content (AvgIpc) is 2.37. The third-order valence-corrected chi connectivity index (χ3v) is 5.79. The summed E-state index contributed by atoms with van der Waals surface area (Å²) in [5.41, 5.74) is 5.95. The maximum absolute atomic E-state index is 12.1. The Balaban J connectivity index is 2.83. The molecule has 0 saturated carbocycles. The van der Waals surface area contributed by atoms with Gasteiger partial charge in [0.2, 0.25) is 10.0 Å². The lowest BCUT2D eigenvalue weighted by molar-refractivity contribution is 0.579. The second kappa shape index (κ2) is 7.61. The minimum absolute atomic E-state index is 0.110. The number of halogens is 1. The summed E-state index contributed by atoms with van der Waals surface area (Å²) in [6, 6.07) is 4.32. The van der Waals surface area contributed by atoms with Crippen molar-refractivity contribution in [2.45, 2.75) is 23.5 Å². The summed E-state index contributed by atoms with van der Waals surface area (Å²) in [6.45, 7) is 2.44. The van der Waals surface area contributed by atoms with Gasteiger partial charge < -0.3 is 5.73 Å². The van der Waals surface area contributed by atoms with Crippen LogP contribution in [-0.4, -0.2) is 31.5 Å². The molecular weight excluding hydrogens is 336 g/mol. The Kier molecular flexibility index (Phi) is 6.74. The minimum Gasteiger partial charge on any atom is -0.389 e. The molecular formula is C12H17ClN2O2S3. The molecule has 1 aromatic rings. The Morgan fingerprint density at radius 1 is 1.55 bits per heavy atom. The lowest BCUT2D eigenvalue weighted by Crippen LogP contribution is -2.26. The van der Waals surface area contributed by atoms with E-state index < -0.39 is 10.0 Å². The van der Waals surface area contributed by atoms with Gasteiger partial charge in [-0.1, -0.05) is 30.7 Å². The van der Waals surface area contributed by atoms with Crippen LogP contribution < -0.4 is 10.5 Å². The number of hydrogen-bond acceptors (Lipinski definition) is 4. The zero-order valence-corrected chi connectivity index (χ0v) is 14.4. The van der Waals surface area contributed by atoms with Gasteiger partial charge in [-0.15, -0.1) is 0 Å². The van der Waals surface area contributed by atoms with Crippen molar-refractivity contribution in [3.63, 3.8) is 0 Å². The van der Waals surface area contributed by atoms with E-state index in [1.165, 1.54) is 18.2 Å². The molecule has 1 atom stereocenters. The molecule has 4 nitrogen and oxygen atoms in total. The predicted molar refractivity (Wildman–Crippen MR) is 90.1 cm³/mol. The summed E-state index contributed by atoms with van der Waals surface area (Å²) >= 11 is 12.5. The van der Waals surface area contributed by atoms with E-state index in [9.17, 15) is 8.42 Å². The molecule has 0 amide bonds. The maximum Gasteiger partial charge on any atom is 0.240 e. The minimum atomic E-state index is -3.56. The zero-order valence-electron chi connectivity index (χ0n) is 11.2. The Bertz CT molecular complexity index is 590. The molecule has 8 heteroatoms.